The number of rotatable bonds is 4. The molecule has 0 nitrogen and oxygen atoms in total. The molecular weight excluding hydrogens is 216 g/mol. The molecule has 1 unspecified atom stereocenters. The Kier molecular flexibility index (Phi) is 3.69. The van der Waals surface area contributed by atoms with Crippen molar-refractivity contribution in [1.82, 2.24) is 0 Å². The van der Waals surface area contributed by atoms with E-state index in [9.17, 15) is 0 Å². The lowest BCUT2D eigenvalue weighted by Gasteiger charge is -2.14. The summed E-state index contributed by atoms with van der Waals surface area (Å²) in [5, 5.41) is 0. The Hall–Kier alpha value is -2.08. The fourth-order valence-corrected chi connectivity index (χ4v) is 2.09. The van der Waals surface area contributed by atoms with Gasteiger partial charge in [-0.15, -0.1) is 6.55 Å². The first-order chi connectivity index (χ1) is 9.31. The standard InChI is InChI=1S/C18H18/c1-3-18(17-12-8-5-9-13-17)15(2)14-16-10-6-4-7-11-16/h3-14,18H,1H2,2H3/b15-14+/i1D/b3-1?,15-14+. The van der Waals surface area contributed by atoms with Crippen LogP contribution in [0.25, 0.3) is 6.08 Å². The van der Waals surface area contributed by atoms with Crippen LogP contribution in [0.4, 0.5) is 0 Å². The van der Waals surface area contributed by atoms with Gasteiger partial charge < -0.3 is 0 Å². The highest BCUT2D eigenvalue weighted by molar-refractivity contribution is 5.55. The maximum Gasteiger partial charge on any atom is 0.0535 e. The Labute approximate surface area is 111 Å². The first kappa shape index (κ1) is 11.0. The van der Waals surface area contributed by atoms with Crippen LogP contribution in [0.1, 0.15) is 25.3 Å². The van der Waals surface area contributed by atoms with Crippen molar-refractivity contribution in [1.29, 1.82) is 0 Å². The van der Waals surface area contributed by atoms with E-state index in [-0.39, 0.29) is 5.92 Å². The maximum absolute atomic E-state index is 7.35. The molecule has 0 radical (unpaired) electrons. The van der Waals surface area contributed by atoms with Gasteiger partial charge in [-0.3, -0.25) is 0 Å². The summed E-state index contributed by atoms with van der Waals surface area (Å²) in [5.74, 6) is 0.166. The number of hydrogen-bond donors (Lipinski definition) is 0. The van der Waals surface area contributed by atoms with E-state index in [1.165, 1.54) is 23.3 Å². The van der Waals surface area contributed by atoms with Gasteiger partial charge in [-0.1, -0.05) is 78.4 Å². The van der Waals surface area contributed by atoms with Crippen LogP contribution in [0.5, 0.6) is 0 Å². The van der Waals surface area contributed by atoms with Gasteiger partial charge in [0.2, 0.25) is 0 Å². The maximum atomic E-state index is 7.35. The quantitative estimate of drug-likeness (QED) is 0.650. The molecule has 0 aromatic heterocycles. The number of hydrogen-bond acceptors (Lipinski definition) is 0. The van der Waals surface area contributed by atoms with Gasteiger partial charge in [-0.25, -0.2) is 0 Å². The third kappa shape index (κ3) is 2.98. The second-order valence-electron chi connectivity index (χ2n) is 4.38. The lowest BCUT2D eigenvalue weighted by molar-refractivity contribution is 1.00. The van der Waals surface area contributed by atoms with Gasteiger partial charge in [0, 0.05) is 5.92 Å². The molecule has 2 aromatic carbocycles. The topological polar surface area (TPSA) is 0 Å². The molecule has 2 rings (SSSR count). The molecule has 2 aromatic rings. The Balaban J connectivity index is 2.32. The van der Waals surface area contributed by atoms with Gasteiger partial charge in [-0.2, -0.15) is 0 Å². The first-order valence-electron chi connectivity index (χ1n) is 6.72. The summed E-state index contributed by atoms with van der Waals surface area (Å²) < 4.78 is 7.35. The predicted octanol–water partition coefficient (Wildman–Crippen LogP) is 5.06. The number of allylic oxidation sites excluding steroid dienone is 2. The monoisotopic (exact) mass is 235 g/mol. The molecule has 0 bridgehead atoms. The van der Waals surface area contributed by atoms with E-state index in [0.29, 0.717) is 0 Å². The average Bonchev–Trinajstić information content (AvgIpc) is 2.46. The summed E-state index contributed by atoms with van der Waals surface area (Å²) in [7, 11) is 0. The highest BCUT2D eigenvalue weighted by atomic mass is 14.1. The molecule has 0 spiro atoms. The molecule has 0 amide bonds. The number of benzene rings is 2. The molecule has 0 aliphatic carbocycles. The van der Waals surface area contributed by atoms with Crippen molar-refractivity contribution in [3.63, 3.8) is 0 Å². The second kappa shape index (κ2) is 6.02. The minimum atomic E-state index is 0.166. The van der Waals surface area contributed by atoms with Crippen molar-refractivity contribution in [2.45, 2.75) is 12.8 Å². The molecule has 90 valence electrons. The molecule has 0 heteroatoms. The first-order valence-corrected chi connectivity index (χ1v) is 6.14. The van der Waals surface area contributed by atoms with Crippen molar-refractivity contribution in [2.24, 2.45) is 0 Å². The lowest BCUT2D eigenvalue weighted by Crippen LogP contribution is -1.96. The smallest absolute Gasteiger partial charge is 0.0535 e. The van der Waals surface area contributed by atoms with Gasteiger partial charge in [0.15, 0.2) is 0 Å². The Bertz CT molecular complexity index is 553. The van der Waals surface area contributed by atoms with Crippen molar-refractivity contribution in [2.75, 3.05) is 0 Å². The highest BCUT2D eigenvalue weighted by Crippen LogP contribution is 2.26. The van der Waals surface area contributed by atoms with Gasteiger partial charge in [0.05, 0.1) is 1.37 Å². The molecule has 18 heavy (non-hydrogen) atoms. The molecule has 0 fully saturated rings. The van der Waals surface area contributed by atoms with Gasteiger partial charge in [0.1, 0.15) is 0 Å². The van der Waals surface area contributed by atoms with E-state index in [1.54, 1.807) is 0 Å². The van der Waals surface area contributed by atoms with Crippen LogP contribution in [-0.4, -0.2) is 0 Å². The Morgan fingerprint density at radius 2 is 1.67 bits per heavy atom. The van der Waals surface area contributed by atoms with E-state index < -0.39 is 0 Å². The summed E-state index contributed by atoms with van der Waals surface area (Å²) >= 11 is 0. The van der Waals surface area contributed by atoms with Crippen LogP contribution in [0.3, 0.4) is 0 Å². The van der Waals surface area contributed by atoms with E-state index in [2.05, 4.69) is 37.3 Å². The van der Waals surface area contributed by atoms with Crippen LogP contribution >= 0.6 is 0 Å². The van der Waals surface area contributed by atoms with Crippen LogP contribution in [0, 0.1) is 0 Å². The van der Waals surface area contributed by atoms with Crippen molar-refractivity contribution in [3.8, 4) is 0 Å². The molecule has 0 aliphatic heterocycles. The average molecular weight is 235 g/mol. The second-order valence-corrected chi connectivity index (χ2v) is 4.38. The summed E-state index contributed by atoms with van der Waals surface area (Å²) in [6.45, 7) is 3.49. The van der Waals surface area contributed by atoms with Gasteiger partial charge >= 0.3 is 0 Å². The fourth-order valence-electron chi connectivity index (χ4n) is 2.09. The van der Waals surface area contributed by atoms with Crippen LogP contribution in [0.2, 0.25) is 0 Å². The van der Waals surface area contributed by atoms with Crippen molar-refractivity contribution in [3.05, 3.63) is 90.0 Å². The van der Waals surface area contributed by atoms with E-state index in [1.807, 2.05) is 42.5 Å². The molecule has 1 atom stereocenters. The van der Waals surface area contributed by atoms with Gasteiger partial charge in [0.25, 0.3) is 0 Å². The SMILES string of the molecule is [2H]C=CC(/C(C)=C/c1ccccc1)c1ccccc1. The fraction of sp³-hybridized carbons (Fsp3) is 0.111. The minimum absolute atomic E-state index is 0.166. The minimum Gasteiger partial charge on any atom is -0.102 e. The molecule has 0 heterocycles. The normalized spacial score (nSPS) is 14.5. The molecule has 0 aliphatic rings. The van der Waals surface area contributed by atoms with E-state index in [4.69, 9.17) is 1.37 Å². The Morgan fingerprint density at radius 1 is 1.06 bits per heavy atom. The summed E-state index contributed by atoms with van der Waals surface area (Å²) in [4.78, 5) is 0. The van der Waals surface area contributed by atoms with Crippen molar-refractivity contribution >= 4 is 6.08 Å². The van der Waals surface area contributed by atoms with Crippen molar-refractivity contribution < 1.29 is 1.37 Å². The van der Waals surface area contributed by atoms with E-state index in [0.717, 1.165) is 0 Å². The third-order valence-corrected chi connectivity index (χ3v) is 3.04. The van der Waals surface area contributed by atoms with Crippen LogP contribution in [0.15, 0.2) is 78.9 Å². The predicted molar refractivity (Wildman–Crippen MR) is 79.5 cm³/mol. The zero-order valence-corrected chi connectivity index (χ0v) is 10.6. The Morgan fingerprint density at radius 3 is 2.28 bits per heavy atom. The largest absolute Gasteiger partial charge is 0.102 e. The van der Waals surface area contributed by atoms with Gasteiger partial charge in [-0.05, 0) is 18.1 Å². The molecule has 0 saturated heterocycles. The summed E-state index contributed by atoms with van der Waals surface area (Å²) in [5.41, 5.74) is 3.65. The zero-order chi connectivity index (χ0) is 13.5. The third-order valence-electron chi connectivity index (χ3n) is 3.04. The molecule has 0 saturated carbocycles. The molecular formula is C18H18. The zero-order valence-electron chi connectivity index (χ0n) is 11.6. The van der Waals surface area contributed by atoms with Crippen LogP contribution in [-0.2, 0) is 0 Å². The highest BCUT2D eigenvalue weighted by Gasteiger charge is 2.08. The van der Waals surface area contributed by atoms with Crippen LogP contribution < -0.4 is 0 Å². The van der Waals surface area contributed by atoms with E-state index >= 15 is 0 Å². The summed E-state index contributed by atoms with van der Waals surface area (Å²) in [6, 6.07) is 20.6. The lowest BCUT2D eigenvalue weighted by atomic mass is 9.91. The molecule has 0 N–H and O–H groups in total. The summed E-state index contributed by atoms with van der Waals surface area (Å²) in [6.07, 6.45) is 4.10.